The molecule has 0 spiro atoms. The van der Waals surface area contributed by atoms with Gasteiger partial charge in [0.1, 0.15) is 0 Å². The van der Waals surface area contributed by atoms with Crippen molar-refractivity contribution in [1.82, 2.24) is 5.32 Å². The summed E-state index contributed by atoms with van der Waals surface area (Å²) in [7, 11) is 2.06. The highest BCUT2D eigenvalue weighted by Crippen LogP contribution is 2.38. The third-order valence-corrected chi connectivity index (χ3v) is 7.25. The molecule has 1 aliphatic rings. The van der Waals surface area contributed by atoms with Crippen LogP contribution in [-0.2, 0) is 12.8 Å². The van der Waals surface area contributed by atoms with Gasteiger partial charge < -0.3 is 5.32 Å². The molecule has 2 aromatic rings. The smallest absolute Gasteiger partial charge is 0.0763 e. The van der Waals surface area contributed by atoms with Gasteiger partial charge in [-0.15, -0.1) is 22.7 Å². The number of nitrogens with one attached hydrogen (secondary N) is 1. The summed E-state index contributed by atoms with van der Waals surface area (Å²) in [5.74, 6) is 0. The van der Waals surface area contributed by atoms with E-state index in [2.05, 4.69) is 47.4 Å². The van der Waals surface area contributed by atoms with E-state index in [1.807, 2.05) is 22.7 Å². The van der Waals surface area contributed by atoms with Crippen LogP contribution in [0, 0.1) is 6.92 Å². The Morgan fingerprint density at radius 2 is 1.89 bits per heavy atom. The first-order valence-corrected chi connectivity index (χ1v) is 9.16. The van der Waals surface area contributed by atoms with Crippen molar-refractivity contribution in [2.24, 2.45) is 0 Å². The van der Waals surface area contributed by atoms with Gasteiger partial charge in [0.15, 0.2) is 0 Å². The SMILES string of the molecule is CNC(c1cc(Br)c(C)s1)c1cc2c(s1)CCCC2. The van der Waals surface area contributed by atoms with Gasteiger partial charge in [0.2, 0.25) is 0 Å². The van der Waals surface area contributed by atoms with E-state index < -0.39 is 0 Å². The van der Waals surface area contributed by atoms with Crippen molar-refractivity contribution in [3.05, 3.63) is 41.7 Å². The van der Waals surface area contributed by atoms with Gasteiger partial charge in [-0.3, -0.25) is 0 Å². The Bertz CT molecular complexity index is 542. The number of fused-ring (bicyclic) bond motifs is 1. The molecule has 0 saturated heterocycles. The van der Waals surface area contributed by atoms with Crippen molar-refractivity contribution in [2.75, 3.05) is 7.05 Å². The predicted molar refractivity (Wildman–Crippen MR) is 88.6 cm³/mol. The molecule has 1 nitrogen and oxygen atoms in total. The van der Waals surface area contributed by atoms with E-state index in [0.29, 0.717) is 6.04 Å². The van der Waals surface area contributed by atoms with Crippen LogP contribution in [0.3, 0.4) is 0 Å². The average Bonchev–Trinajstić information content (AvgIpc) is 2.95. The Morgan fingerprint density at radius 1 is 1.16 bits per heavy atom. The molecular weight excluding hydrogens is 338 g/mol. The lowest BCUT2D eigenvalue weighted by atomic mass is 9.99. The zero-order chi connectivity index (χ0) is 13.4. The molecule has 19 heavy (non-hydrogen) atoms. The Kier molecular flexibility index (Phi) is 4.13. The maximum atomic E-state index is 3.63. The van der Waals surface area contributed by atoms with E-state index in [0.717, 1.165) is 0 Å². The van der Waals surface area contributed by atoms with Crippen LogP contribution < -0.4 is 5.32 Å². The van der Waals surface area contributed by atoms with E-state index in [1.54, 1.807) is 10.4 Å². The number of thiophene rings is 2. The van der Waals surface area contributed by atoms with E-state index in [9.17, 15) is 0 Å². The molecule has 0 fully saturated rings. The Hall–Kier alpha value is -0.160. The molecular formula is C15H18BrNS2. The quantitative estimate of drug-likeness (QED) is 0.810. The average molecular weight is 356 g/mol. The Balaban J connectivity index is 1.95. The molecule has 1 unspecified atom stereocenters. The maximum absolute atomic E-state index is 3.63. The summed E-state index contributed by atoms with van der Waals surface area (Å²) in [6, 6.07) is 5.05. The largest absolute Gasteiger partial charge is 0.308 e. The Morgan fingerprint density at radius 3 is 2.53 bits per heavy atom. The maximum Gasteiger partial charge on any atom is 0.0763 e. The third-order valence-electron chi connectivity index (χ3n) is 3.75. The molecule has 0 aromatic carbocycles. The predicted octanol–water partition coefficient (Wildman–Crippen LogP) is 5.07. The lowest BCUT2D eigenvalue weighted by molar-refractivity contribution is 0.694. The molecule has 102 valence electrons. The molecule has 0 saturated carbocycles. The van der Waals surface area contributed by atoms with Crippen molar-refractivity contribution in [3.63, 3.8) is 0 Å². The summed E-state index contributed by atoms with van der Waals surface area (Å²) in [5.41, 5.74) is 1.60. The van der Waals surface area contributed by atoms with E-state index in [-0.39, 0.29) is 0 Å². The first kappa shape index (κ1) is 13.8. The minimum Gasteiger partial charge on any atom is -0.308 e. The van der Waals surface area contributed by atoms with E-state index in [1.165, 1.54) is 44.8 Å². The molecule has 4 heteroatoms. The highest BCUT2D eigenvalue weighted by molar-refractivity contribution is 9.10. The third kappa shape index (κ3) is 2.68. The van der Waals surface area contributed by atoms with Crippen LogP contribution in [0.2, 0.25) is 0 Å². The molecule has 1 atom stereocenters. The van der Waals surface area contributed by atoms with Crippen molar-refractivity contribution < 1.29 is 0 Å². The van der Waals surface area contributed by atoms with Gasteiger partial charge in [0, 0.05) is 24.0 Å². The second-order valence-corrected chi connectivity index (χ2v) is 8.39. The van der Waals surface area contributed by atoms with Crippen LogP contribution in [0.1, 0.15) is 44.0 Å². The summed E-state index contributed by atoms with van der Waals surface area (Å²) in [6.07, 6.45) is 5.27. The second kappa shape index (κ2) is 5.68. The van der Waals surface area contributed by atoms with Crippen LogP contribution >= 0.6 is 38.6 Å². The van der Waals surface area contributed by atoms with Gasteiger partial charge in [-0.1, -0.05) is 0 Å². The molecule has 0 aliphatic heterocycles. The van der Waals surface area contributed by atoms with Gasteiger partial charge in [-0.05, 0) is 73.3 Å². The fourth-order valence-corrected chi connectivity index (χ4v) is 5.86. The standard InChI is InChI=1S/C15H18BrNS2/c1-9-11(16)8-14(18-9)15(17-2)13-7-10-5-3-4-6-12(10)19-13/h7-8,15,17H,3-6H2,1-2H3. The topological polar surface area (TPSA) is 12.0 Å². The number of aryl methyl sites for hydroxylation is 3. The van der Waals surface area contributed by atoms with Crippen LogP contribution in [0.25, 0.3) is 0 Å². The van der Waals surface area contributed by atoms with Crippen molar-refractivity contribution in [1.29, 1.82) is 0 Å². The van der Waals surface area contributed by atoms with Crippen molar-refractivity contribution in [3.8, 4) is 0 Å². The number of hydrogen-bond donors (Lipinski definition) is 1. The molecule has 0 radical (unpaired) electrons. The highest BCUT2D eigenvalue weighted by Gasteiger charge is 2.21. The summed E-state index contributed by atoms with van der Waals surface area (Å²) in [5, 5.41) is 3.48. The van der Waals surface area contributed by atoms with Crippen LogP contribution in [0.15, 0.2) is 16.6 Å². The summed E-state index contributed by atoms with van der Waals surface area (Å²) in [6.45, 7) is 2.17. The van der Waals surface area contributed by atoms with Gasteiger partial charge >= 0.3 is 0 Å². The van der Waals surface area contributed by atoms with Gasteiger partial charge in [-0.25, -0.2) is 0 Å². The molecule has 0 bridgehead atoms. The van der Waals surface area contributed by atoms with Gasteiger partial charge in [0.05, 0.1) is 6.04 Å². The summed E-state index contributed by atoms with van der Waals surface area (Å²) >= 11 is 7.52. The highest BCUT2D eigenvalue weighted by atomic mass is 79.9. The lowest BCUT2D eigenvalue weighted by Crippen LogP contribution is -2.15. The fraction of sp³-hybridized carbons (Fsp3) is 0.467. The van der Waals surface area contributed by atoms with Crippen molar-refractivity contribution in [2.45, 2.75) is 38.6 Å². The monoisotopic (exact) mass is 355 g/mol. The summed E-state index contributed by atoms with van der Waals surface area (Å²) < 4.78 is 1.23. The van der Waals surface area contributed by atoms with Crippen LogP contribution in [0.5, 0.6) is 0 Å². The zero-order valence-electron chi connectivity index (χ0n) is 11.3. The number of halogens is 1. The van der Waals surface area contributed by atoms with Gasteiger partial charge in [0.25, 0.3) is 0 Å². The normalized spacial score (nSPS) is 16.4. The molecule has 2 aromatic heterocycles. The first-order valence-electron chi connectivity index (χ1n) is 6.73. The first-order chi connectivity index (χ1) is 9.19. The molecule has 1 N–H and O–H groups in total. The lowest BCUT2D eigenvalue weighted by Gasteiger charge is -2.12. The number of rotatable bonds is 3. The second-order valence-electron chi connectivity index (χ2n) is 5.08. The van der Waals surface area contributed by atoms with E-state index >= 15 is 0 Å². The summed E-state index contributed by atoms with van der Waals surface area (Å²) in [4.78, 5) is 5.86. The minimum atomic E-state index is 0.352. The van der Waals surface area contributed by atoms with Gasteiger partial charge in [-0.2, -0.15) is 0 Å². The molecule has 1 aliphatic carbocycles. The molecule has 3 rings (SSSR count). The van der Waals surface area contributed by atoms with E-state index in [4.69, 9.17) is 0 Å². The number of hydrogen-bond acceptors (Lipinski definition) is 3. The van der Waals surface area contributed by atoms with Crippen LogP contribution in [0.4, 0.5) is 0 Å². The van der Waals surface area contributed by atoms with Crippen LogP contribution in [-0.4, -0.2) is 7.05 Å². The zero-order valence-corrected chi connectivity index (χ0v) is 14.5. The minimum absolute atomic E-state index is 0.352. The molecule has 2 heterocycles. The molecule has 0 amide bonds. The Labute approximate surface area is 131 Å². The fourth-order valence-electron chi connectivity index (χ4n) is 2.70. The van der Waals surface area contributed by atoms with Crippen molar-refractivity contribution >= 4 is 38.6 Å².